The first-order chi connectivity index (χ1) is 6.58. The minimum Gasteiger partial charge on any atom is -0.0654 e. The topological polar surface area (TPSA) is 0 Å². The Morgan fingerprint density at radius 2 is 1.36 bits per heavy atom. The van der Waals surface area contributed by atoms with E-state index in [-0.39, 0.29) is 0 Å². The van der Waals surface area contributed by atoms with Gasteiger partial charge in [0.15, 0.2) is 0 Å². The summed E-state index contributed by atoms with van der Waals surface area (Å²) in [6.45, 7) is 13.9. The monoisotopic (exact) mass is 198 g/mol. The Hall–Kier alpha value is 0. The first-order valence-corrected chi connectivity index (χ1v) is 6.58. The quantitative estimate of drug-likeness (QED) is 0.577. The van der Waals surface area contributed by atoms with Crippen LogP contribution >= 0.6 is 0 Å². The van der Waals surface area contributed by atoms with Crippen LogP contribution in [0.1, 0.15) is 67.2 Å². The average Bonchev–Trinajstić information content (AvgIpc) is 2.46. The summed E-state index contributed by atoms with van der Waals surface area (Å²) in [5.41, 5.74) is 0. The Labute approximate surface area is 91.5 Å². The standard InChI is InChI=1S/C10H20.C4H10/c1-5-10-6-7(2)8(3)9(10)4;1-3-4-2/h7-10H,5-6H2,1-4H3;3-4H2,1-2H3/t7?,8?,9?,10-;/m1./s1. The predicted molar refractivity (Wildman–Crippen MR) is 66.5 cm³/mol. The van der Waals surface area contributed by atoms with E-state index in [4.69, 9.17) is 0 Å². The predicted octanol–water partition coefficient (Wildman–Crippen LogP) is 5.13. The van der Waals surface area contributed by atoms with Crippen molar-refractivity contribution in [3.05, 3.63) is 0 Å². The van der Waals surface area contributed by atoms with Gasteiger partial charge in [-0.2, -0.15) is 0 Å². The van der Waals surface area contributed by atoms with Crippen LogP contribution in [-0.4, -0.2) is 0 Å². The summed E-state index contributed by atoms with van der Waals surface area (Å²) in [6.07, 6.45) is 5.49. The van der Waals surface area contributed by atoms with Crippen molar-refractivity contribution >= 4 is 0 Å². The van der Waals surface area contributed by atoms with Crippen LogP contribution in [-0.2, 0) is 0 Å². The fraction of sp³-hybridized carbons (Fsp3) is 1.00. The zero-order valence-electron chi connectivity index (χ0n) is 11.1. The molecular formula is C14H30. The third-order valence-electron chi connectivity index (χ3n) is 4.17. The SMILES string of the molecule is CCCC.CC[C@@H]1CC(C)C(C)C1C. The van der Waals surface area contributed by atoms with Crippen LogP contribution in [0, 0.1) is 23.7 Å². The molecule has 1 aliphatic carbocycles. The van der Waals surface area contributed by atoms with Crippen LogP contribution in [0.15, 0.2) is 0 Å². The lowest BCUT2D eigenvalue weighted by Gasteiger charge is -2.16. The summed E-state index contributed by atoms with van der Waals surface area (Å²) in [7, 11) is 0. The Morgan fingerprint density at radius 3 is 1.50 bits per heavy atom. The van der Waals surface area contributed by atoms with E-state index in [1.807, 2.05) is 0 Å². The number of rotatable bonds is 2. The molecule has 3 unspecified atom stereocenters. The van der Waals surface area contributed by atoms with Crippen molar-refractivity contribution in [2.24, 2.45) is 23.7 Å². The van der Waals surface area contributed by atoms with Gasteiger partial charge >= 0.3 is 0 Å². The Balaban J connectivity index is 0.000000364. The maximum Gasteiger partial charge on any atom is -0.0386 e. The zero-order chi connectivity index (χ0) is 11.1. The molecule has 4 atom stereocenters. The van der Waals surface area contributed by atoms with Crippen LogP contribution in [0.4, 0.5) is 0 Å². The molecular weight excluding hydrogens is 168 g/mol. The molecule has 0 radical (unpaired) electrons. The van der Waals surface area contributed by atoms with Crippen molar-refractivity contribution < 1.29 is 0 Å². The van der Waals surface area contributed by atoms with Crippen LogP contribution in [0.2, 0.25) is 0 Å². The van der Waals surface area contributed by atoms with Gasteiger partial charge in [0.25, 0.3) is 0 Å². The van der Waals surface area contributed by atoms with E-state index in [1.165, 1.54) is 25.7 Å². The fourth-order valence-electron chi connectivity index (χ4n) is 2.39. The first kappa shape index (κ1) is 14.0. The van der Waals surface area contributed by atoms with E-state index in [0.717, 1.165) is 23.7 Å². The fourth-order valence-corrected chi connectivity index (χ4v) is 2.39. The maximum absolute atomic E-state index is 2.42. The molecule has 1 fully saturated rings. The molecule has 0 N–H and O–H groups in total. The van der Waals surface area contributed by atoms with Crippen LogP contribution in [0.25, 0.3) is 0 Å². The molecule has 0 heterocycles. The summed E-state index contributed by atoms with van der Waals surface area (Å²) in [5.74, 6) is 3.93. The van der Waals surface area contributed by atoms with Gasteiger partial charge in [-0.25, -0.2) is 0 Å². The molecule has 0 aromatic heterocycles. The molecule has 0 bridgehead atoms. The molecule has 0 aromatic carbocycles. The highest BCUT2D eigenvalue weighted by Gasteiger charge is 2.33. The van der Waals surface area contributed by atoms with Gasteiger partial charge in [0.05, 0.1) is 0 Å². The van der Waals surface area contributed by atoms with Crippen molar-refractivity contribution in [1.82, 2.24) is 0 Å². The van der Waals surface area contributed by atoms with Gasteiger partial charge in [-0.05, 0) is 30.1 Å². The summed E-state index contributed by atoms with van der Waals surface area (Å²) >= 11 is 0. The zero-order valence-corrected chi connectivity index (χ0v) is 11.1. The van der Waals surface area contributed by atoms with E-state index in [2.05, 4.69) is 41.5 Å². The summed E-state index contributed by atoms with van der Waals surface area (Å²) < 4.78 is 0. The van der Waals surface area contributed by atoms with Crippen molar-refractivity contribution in [1.29, 1.82) is 0 Å². The Morgan fingerprint density at radius 1 is 0.857 bits per heavy atom. The van der Waals surface area contributed by atoms with Gasteiger partial charge in [-0.3, -0.25) is 0 Å². The highest BCUT2D eigenvalue weighted by Crippen LogP contribution is 2.42. The average molecular weight is 198 g/mol. The molecule has 0 amide bonds. The van der Waals surface area contributed by atoms with Gasteiger partial charge in [0.1, 0.15) is 0 Å². The lowest BCUT2D eigenvalue weighted by atomic mass is 9.90. The smallest absolute Gasteiger partial charge is 0.0386 e. The second-order valence-corrected chi connectivity index (χ2v) is 5.10. The molecule has 1 saturated carbocycles. The third-order valence-corrected chi connectivity index (χ3v) is 4.17. The largest absolute Gasteiger partial charge is 0.0654 e. The third kappa shape index (κ3) is 4.02. The van der Waals surface area contributed by atoms with Crippen LogP contribution < -0.4 is 0 Å². The number of unbranched alkanes of at least 4 members (excludes halogenated alkanes) is 1. The van der Waals surface area contributed by atoms with Gasteiger partial charge < -0.3 is 0 Å². The van der Waals surface area contributed by atoms with E-state index in [9.17, 15) is 0 Å². The molecule has 0 nitrogen and oxygen atoms in total. The molecule has 0 aliphatic heterocycles. The lowest BCUT2D eigenvalue weighted by molar-refractivity contribution is 0.334. The normalized spacial score (nSPS) is 36.4. The van der Waals surface area contributed by atoms with E-state index in [0.29, 0.717) is 0 Å². The maximum atomic E-state index is 2.42. The molecule has 1 rings (SSSR count). The highest BCUT2D eigenvalue weighted by atomic mass is 14.4. The van der Waals surface area contributed by atoms with Crippen molar-refractivity contribution in [3.8, 4) is 0 Å². The van der Waals surface area contributed by atoms with Crippen molar-refractivity contribution in [2.45, 2.75) is 67.2 Å². The summed E-state index contributed by atoms with van der Waals surface area (Å²) in [4.78, 5) is 0. The minimum atomic E-state index is 0.963. The van der Waals surface area contributed by atoms with Crippen LogP contribution in [0.3, 0.4) is 0 Å². The summed E-state index contributed by atoms with van der Waals surface area (Å²) in [6, 6.07) is 0. The Kier molecular flexibility index (Phi) is 7.31. The molecule has 0 aromatic rings. The molecule has 0 saturated heterocycles. The van der Waals surface area contributed by atoms with Gasteiger partial charge in [-0.15, -0.1) is 0 Å². The second kappa shape index (κ2) is 7.31. The van der Waals surface area contributed by atoms with E-state index >= 15 is 0 Å². The first-order valence-electron chi connectivity index (χ1n) is 6.58. The van der Waals surface area contributed by atoms with Gasteiger partial charge in [0, 0.05) is 0 Å². The van der Waals surface area contributed by atoms with Gasteiger partial charge in [0.2, 0.25) is 0 Å². The van der Waals surface area contributed by atoms with Crippen LogP contribution in [0.5, 0.6) is 0 Å². The molecule has 0 heteroatoms. The van der Waals surface area contributed by atoms with E-state index < -0.39 is 0 Å². The number of hydrogen-bond acceptors (Lipinski definition) is 0. The lowest BCUT2D eigenvalue weighted by Crippen LogP contribution is -2.08. The minimum absolute atomic E-state index is 0.963. The van der Waals surface area contributed by atoms with Gasteiger partial charge in [-0.1, -0.05) is 60.8 Å². The molecule has 14 heavy (non-hydrogen) atoms. The summed E-state index contributed by atoms with van der Waals surface area (Å²) in [5, 5.41) is 0. The molecule has 1 aliphatic rings. The number of hydrogen-bond donors (Lipinski definition) is 0. The van der Waals surface area contributed by atoms with Crippen molar-refractivity contribution in [3.63, 3.8) is 0 Å². The Bertz CT molecular complexity index is 126. The molecule has 86 valence electrons. The van der Waals surface area contributed by atoms with Crippen molar-refractivity contribution in [2.75, 3.05) is 0 Å². The molecule has 0 spiro atoms. The highest BCUT2D eigenvalue weighted by molar-refractivity contribution is 4.83. The van der Waals surface area contributed by atoms with E-state index in [1.54, 1.807) is 0 Å². The second-order valence-electron chi connectivity index (χ2n) is 5.10.